The lowest BCUT2D eigenvalue weighted by Gasteiger charge is -2.25. The van der Waals surface area contributed by atoms with Gasteiger partial charge in [-0.2, -0.15) is 0 Å². The molecule has 0 aliphatic heterocycles. The lowest BCUT2D eigenvalue weighted by Crippen LogP contribution is -2.38. The molecule has 6 nitrogen and oxygen atoms in total. The van der Waals surface area contributed by atoms with Crippen molar-refractivity contribution in [1.82, 2.24) is 19.8 Å². The Morgan fingerprint density at radius 2 is 2.00 bits per heavy atom. The third kappa shape index (κ3) is 4.26. The number of nitrogens with one attached hydrogen (secondary N) is 1. The van der Waals surface area contributed by atoms with Crippen molar-refractivity contribution in [2.75, 3.05) is 20.6 Å². The van der Waals surface area contributed by atoms with E-state index in [0.29, 0.717) is 17.4 Å². The summed E-state index contributed by atoms with van der Waals surface area (Å²) in [6, 6.07) is 11.5. The van der Waals surface area contributed by atoms with E-state index in [-0.39, 0.29) is 29.9 Å². The van der Waals surface area contributed by atoms with Gasteiger partial charge in [0.25, 0.3) is 5.56 Å². The maximum atomic E-state index is 13.5. The molecule has 1 heterocycles. The molecule has 146 valence electrons. The molecule has 0 radical (unpaired) electrons. The van der Waals surface area contributed by atoms with Crippen LogP contribution >= 0.6 is 0 Å². The van der Waals surface area contributed by atoms with Crippen molar-refractivity contribution in [3.8, 4) is 0 Å². The fourth-order valence-electron chi connectivity index (χ4n) is 3.18. The second kappa shape index (κ2) is 8.31. The van der Waals surface area contributed by atoms with Crippen molar-refractivity contribution in [1.29, 1.82) is 0 Å². The molecule has 1 aromatic heterocycles. The predicted octanol–water partition coefficient (Wildman–Crippen LogP) is 2.26. The van der Waals surface area contributed by atoms with Crippen molar-refractivity contribution in [3.05, 3.63) is 76.1 Å². The van der Waals surface area contributed by atoms with Gasteiger partial charge in [-0.3, -0.25) is 14.2 Å². The zero-order valence-corrected chi connectivity index (χ0v) is 16.1. The van der Waals surface area contributed by atoms with Gasteiger partial charge in [-0.05, 0) is 50.3 Å². The third-order valence-electron chi connectivity index (χ3n) is 4.72. The minimum Gasteiger partial charge on any atom is -0.353 e. The van der Waals surface area contributed by atoms with Gasteiger partial charge in [0, 0.05) is 6.54 Å². The molecule has 0 aliphatic rings. The maximum absolute atomic E-state index is 13.5. The summed E-state index contributed by atoms with van der Waals surface area (Å²) in [5.74, 6) is -0.626. The molecule has 1 N–H and O–H groups in total. The van der Waals surface area contributed by atoms with Crippen molar-refractivity contribution in [3.63, 3.8) is 0 Å². The number of aromatic nitrogens is 2. The van der Waals surface area contributed by atoms with Gasteiger partial charge in [0.2, 0.25) is 5.91 Å². The summed E-state index contributed by atoms with van der Waals surface area (Å²) < 4.78 is 14.8. The minimum absolute atomic E-state index is 0.126. The van der Waals surface area contributed by atoms with Crippen molar-refractivity contribution >= 4 is 16.8 Å². The summed E-state index contributed by atoms with van der Waals surface area (Å²) in [6.45, 7) is 2.06. The van der Waals surface area contributed by atoms with Crippen molar-refractivity contribution in [2.45, 2.75) is 19.5 Å². The molecule has 1 amide bonds. The largest absolute Gasteiger partial charge is 0.353 e. The van der Waals surface area contributed by atoms with E-state index in [0.717, 1.165) is 11.1 Å². The van der Waals surface area contributed by atoms with Crippen LogP contribution in [0.3, 0.4) is 0 Å². The number of fused-ring (bicyclic) bond motifs is 1. The number of likely N-dealkylation sites (N-methyl/N-ethyl adjacent to an activating group) is 1. The predicted molar refractivity (Wildman–Crippen MR) is 107 cm³/mol. The maximum Gasteiger partial charge on any atom is 0.261 e. The van der Waals surface area contributed by atoms with Crippen LogP contribution in [0.2, 0.25) is 0 Å². The molecular formula is C21H23FN4O2. The Morgan fingerprint density at radius 1 is 1.25 bits per heavy atom. The molecular weight excluding hydrogens is 359 g/mol. The van der Waals surface area contributed by atoms with E-state index in [2.05, 4.69) is 10.3 Å². The average Bonchev–Trinajstić information content (AvgIpc) is 2.64. The summed E-state index contributed by atoms with van der Waals surface area (Å²) in [5.41, 5.74) is 2.07. The quantitative estimate of drug-likeness (QED) is 0.710. The normalized spacial score (nSPS) is 12.3. The number of hydrogen-bond donors (Lipinski definition) is 1. The summed E-state index contributed by atoms with van der Waals surface area (Å²) in [6.07, 6.45) is 1.40. The molecule has 28 heavy (non-hydrogen) atoms. The van der Waals surface area contributed by atoms with Crippen LogP contribution < -0.4 is 10.9 Å². The van der Waals surface area contributed by atoms with Gasteiger partial charge in [-0.15, -0.1) is 0 Å². The highest BCUT2D eigenvalue weighted by Crippen LogP contribution is 2.18. The van der Waals surface area contributed by atoms with E-state index in [1.807, 2.05) is 38.1 Å². The van der Waals surface area contributed by atoms with Crippen LogP contribution in [-0.4, -0.2) is 41.0 Å². The number of para-hydroxylation sites is 1. The SMILES string of the molecule is Cc1cccc2c(=O)n(CC(=O)NCC(c3cccc(F)c3)N(C)C)cnc12. The van der Waals surface area contributed by atoms with Crippen LogP contribution in [0.5, 0.6) is 0 Å². The molecule has 1 unspecified atom stereocenters. The van der Waals surface area contributed by atoms with Crippen LogP contribution in [0.15, 0.2) is 53.6 Å². The van der Waals surface area contributed by atoms with E-state index in [4.69, 9.17) is 0 Å². The second-order valence-corrected chi connectivity index (χ2v) is 6.99. The van der Waals surface area contributed by atoms with Crippen LogP contribution in [0.25, 0.3) is 10.9 Å². The molecule has 0 saturated carbocycles. The Kier molecular flexibility index (Phi) is 5.84. The molecule has 0 fully saturated rings. The Balaban J connectivity index is 1.72. The monoisotopic (exact) mass is 382 g/mol. The zero-order valence-electron chi connectivity index (χ0n) is 16.1. The van der Waals surface area contributed by atoms with E-state index >= 15 is 0 Å². The number of halogens is 1. The first-order valence-electron chi connectivity index (χ1n) is 9.00. The molecule has 0 bridgehead atoms. The summed E-state index contributed by atoms with van der Waals surface area (Å²) in [5, 5.41) is 3.31. The first-order chi connectivity index (χ1) is 13.4. The van der Waals surface area contributed by atoms with Gasteiger partial charge in [0.05, 0.1) is 23.3 Å². The molecule has 0 aliphatic carbocycles. The number of carbonyl (C=O) groups excluding carboxylic acids is 1. The van der Waals surface area contributed by atoms with Gasteiger partial charge in [-0.25, -0.2) is 9.37 Å². The number of rotatable bonds is 6. The van der Waals surface area contributed by atoms with Crippen LogP contribution in [0, 0.1) is 12.7 Å². The van der Waals surface area contributed by atoms with Crippen LogP contribution in [0.4, 0.5) is 4.39 Å². The molecule has 1 atom stereocenters. The highest BCUT2D eigenvalue weighted by atomic mass is 19.1. The highest BCUT2D eigenvalue weighted by Gasteiger charge is 2.16. The van der Waals surface area contributed by atoms with Crippen LogP contribution in [0.1, 0.15) is 17.2 Å². The van der Waals surface area contributed by atoms with Gasteiger partial charge >= 0.3 is 0 Å². The lowest BCUT2D eigenvalue weighted by molar-refractivity contribution is -0.121. The summed E-state index contributed by atoms with van der Waals surface area (Å²) in [4.78, 5) is 31.2. The lowest BCUT2D eigenvalue weighted by atomic mass is 10.1. The van der Waals surface area contributed by atoms with E-state index in [9.17, 15) is 14.0 Å². The number of nitrogens with zero attached hydrogens (tertiary/aromatic N) is 3. The summed E-state index contributed by atoms with van der Waals surface area (Å²) in [7, 11) is 3.73. The van der Waals surface area contributed by atoms with Gasteiger partial charge in [0.1, 0.15) is 12.4 Å². The molecule has 7 heteroatoms. The topological polar surface area (TPSA) is 67.2 Å². The first kappa shape index (κ1) is 19.7. The summed E-state index contributed by atoms with van der Waals surface area (Å²) >= 11 is 0. The van der Waals surface area contributed by atoms with Gasteiger partial charge < -0.3 is 10.2 Å². The Hall–Kier alpha value is -3.06. The number of aryl methyl sites for hydroxylation is 1. The fourth-order valence-corrected chi connectivity index (χ4v) is 3.18. The Labute approximate surface area is 162 Å². The van der Waals surface area contributed by atoms with Gasteiger partial charge in [-0.1, -0.05) is 24.3 Å². The van der Waals surface area contributed by atoms with E-state index in [1.54, 1.807) is 18.2 Å². The number of carbonyl (C=O) groups is 1. The Bertz CT molecular complexity index is 1060. The molecule has 0 saturated heterocycles. The third-order valence-corrected chi connectivity index (χ3v) is 4.72. The first-order valence-corrected chi connectivity index (χ1v) is 9.00. The van der Waals surface area contributed by atoms with Crippen molar-refractivity contribution < 1.29 is 9.18 Å². The number of hydrogen-bond acceptors (Lipinski definition) is 4. The molecule has 3 aromatic rings. The average molecular weight is 382 g/mol. The highest BCUT2D eigenvalue weighted by molar-refractivity contribution is 5.81. The van der Waals surface area contributed by atoms with Crippen LogP contribution in [-0.2, 0) is 11.3 Å². The van der Waals surface area contributed by atoms with E-state index in [1.165, 1.54) is 23.0 Å². The standard InChI is InChI=1S/C21H23FN4O2/c1-14-6-4-9-17-20(14)24-13-26(21(17)28)12-19(27)23-11-18(25(2)3)15-7-5-8-16(22)10-15/h4-10,13,18H,11-12H2,1-3H3,(H,23,27). The second-order valence-electron chi connectivity index (χ2n) is 6.99. The van der Waals surface area contributed by atoms with Crippen molar-refractivity contribution in [2.24, 2.45) is 0 Å². The fraction of sp³-hybridized carbons (Fsp3) is 0.286. The smallest absolute Gasteiger partial charge is 0.261 e. The molecule has 3 rings (SSSR count). The van der Waals surface area contributed by atoms with Gasteiger partial charge in [0.15, 0.2) is 0 Å². The Morgan fingerprint density at radius 3 is 2.71 bits per heavy atom. The molecule has 0 spiro atoms. The zero-order chi connectivity index (χ0) is 20.3. The van der Waals surface area contributed by atoms with E-state index < -0.39 is 0 Å². The number of amides is 1. The number of benzene rings is 2. The molecule has 2 aromatic carbocycles. The minimum atomic E-state index is -0.320.